The molecule has 0 atom stereocenters. The van der Waals surface area contributed by atoms with Gasteiger partial charge >= 0.3 is 0 Å². The maximum Gasteiger partial charge on any atom is 0.262 e. The van der Waals surface area contributed by atoms with Gasteiger partial charge in [-0.2, -0.15) is 10.2 Å². The number of nitrogens with one attached hydrogen (secondary N) is 1. The van der Waals surface area contributed by atoms with Crippen LogP contribution in [0, 0.1) is 11.3 Å². The predicted molar refractivity (Wildman–Crippen MR) is 105 cm³/mol. The van der Waals surface area contributed by atoms with Crippen molar-refractivity contribution >= 4 is 28.6 Å². The van der Waals surface area contributed by atoms with E-state index >= 15 is 0 Å². The molecule has 0 bridgehead atoms. The number of pyridine rings is 1. The Morgan fingerprint density at radius 3 is 2.37 bits per heavy atom. The Balaban J connectivity index is 2.20. The molecular weight excluding hydrogens is 362 g/mol. The number of aromatic amines is 1. The van der Waals surface area contributed by atoms with Crippen molar-refractivity contribution in [1.29, 1.82) is 5.26 Å². The number of H-pyrrole nitrogens is 1. The second-order valence-electron chi connectivity index (χ2n) is 5.84. The topological polar surface area (TPSA) is 108 Å². The van der Waals surface area contributed by atoms with Gasteiger partial charge in [0.25, 0.3) is 5.56 Å². The highest BCUT2D eigenvalue weighted by Gasteiger charge is 2.21. The van der Waals surface area contributed by atoms with Crippen LogP contribution in [0.1, 0.15) is 5.56 Å². The summed E-state index contributed by atoms with van der Waals surface area (Å²) < 4.78 is 0. The minimum atomic E-state index is -0.453. The van der Waals surface area contributed by atoms with Crippen LogP contribution in [-0.4, -0.2) is 15.0 Å². The summed E-state index contributed by atoms with van der Waals surface area (Å²) in [7, 11) is 0. The van der Waals surface area contributed by atoms with E-state index in [1.165, 1.54) is 0 Å². The van der Waals surface area contributed by atoms with Crippen LogP contribution < -0.4 is 11.3 Å². The van der Waals surface area contributed by atoms with Crippen LogP contribution >= 0.6 is 11.6 Å². The molecule has 27 heavy (non-hydrogen) atoms. The normalized spacial score (nSPS) is 10.7. The van der Waals surface area contributed by atoms with Crippen LogP contribution in [0.2, 0.25) is 5.02 Å². The number of nitrogens with zero attached hydrogens (tertiary/aromatic N) is 3. The summed E-state index contributed by atoms with van der Waals surface area (Å²) in [6, 6.07) is 18.4. The van der Waals surface area contributed by atoms with E-state index in [9.17, 15) is 10.1 Å². The lowest BCUT2D eigenvalue weighted by Crippen LogP contribution is -2.14. The molecule has 6 nitrogen and oxygen atoms in total. The van der Waals surface area contributed by atoms with E-state index in [1.807, 2.05) is 30.3 Å². The highest BCUT2D eigenvalue weighted by Crippen LogP contribution is 2.35. The van der Waals surface area contributed by atoms with Gasteiger partial charge in [0.1, 0.15) is 6.07 Å². The molecule has 130 valence electrons. The molecule has 0 saturated heterocycles. The zero-order valence-electron chi connectivity index (χ0n) is 13.9. The number of hydrogen-bond acceptors (Lipinski definition) is 5. The van der Waals surface area contributed by atoms with Crippen LogP contribution in [0.25, 0.3) is 33.4 Å². The van der Waals surface area contributed by atoms with Crippen LogP contribution in [0.3, 0.4) is 0 Å². The van der Waals surface area contributed by atoms with Crippen molar-refractivity contribution in [2.24, 2.45) is 0 Å². The quantitative estimate of drug-likeness (QED) is 0.556. The SMILES string of the molecule is N#Cc1c(-c2ccccc2)nc2nc(N)[nH]c(=O)c2c1-c1ccc(Cl)cc1. The molecule has 0 saturated carbocycles. The van der Waals surface area contributed by atoms with Crippen molar-refractivity contribution in [3.05, 3.63) is 75.5 Å². The molecule has 4 aromatic rings. The monoisotopic (exact) mass is 373 g/mol. The number of benzene rings is 2. The van der Waals surface area contributed by atoms with E-state index in [4.69, 9.17) is 17.3 Å². The van der Waals surface area contributed by atoms with E-state index in [-0.39, 0.29) is 22.5 Å². The third-order valence-corrected chi connectivity index (χ3v) is 4.42. The van der Waals surface area contributed by atoms with Crippen molar-refractivity contribution in [2.45, 2.75) is 0 Å². The Hall–Kier alpha value is -3.69. The smallest absolute Gasteiger partial charge is 0.262 e. The molecule has 3 N–H and O–H groups in total. The average molecular weight is 374 g/mol. The van der Waals surface area contributed by atoms with Crippen molar-refractivity contribution in [3.8, 4) is 28.5 Å². The molecule has 2 heterocycles. The van der Waals surface area contributed by atoms with Crippen LogP contribution in [0.4, 0.5) is 5.95 Å². The summed E-state index contributed by atoms with van der Waals surface area (Å²) in [6.07, 6.45) is 0. The van der Waals surface area contributed by atoms with E-state index in [0.29, 0.717) is 21.8 Å². The standard InChI is InChI=1S/C20H12ClN5O/c21-13-8-6-11(7-9-13)15-14(10-22)17(12-4-2-1-3-5-12)24-18-16(15)19(27)26-20(23)25-18/h1-9H,(H3,23,24,25,26,27). The third-order valence-electron chi connectivity index (χ3n) is 4.17. The van der Waals surface area contributed by atoms with E-state index < -0.39 is 5.56 Å². The fraction of sp³-hybridized carbons (Fsp3) is 0. The maximum atomic E-state index is 12.6. The van der Waals surface area contributed by atoms with Gasteiger partial charge in [0.05, 0.1) is 16.6 Å². The Morgan fingerprint density at radius 2 is 1.70 bits per heavy atom. The summed E-state index contributed by atoms with van der Waals surface area (Å²) in [5.74, 6) is -0.0363. The van der Waals surface area contributed by atoms with E-state index in [1.54, 1.807) is 24.3 Å². The molecule has 2 aromatic carbocycles. The van der Waals surface area contributed by atoms with Gasteiger partial charge in [0.15, 0.2) is 5.65 Å². The number of nitrogen functional groups attached to an aromatic ring is 1. The third kappa shape index (κ3) is 2.90. The zero-order valence-corrected chi connectivity index (χ0v) is 14.7. The Bertz CT molecular complexity index is 1260. The highest BCUT2D eigenvalue weighted by molar-refractivity contribution is 6.30. The number of halogens is 1. The summed E-state index contributed by atoms with van der Waals surface area (Å²) in [6.45, 7) is 0. The number of aromatic nitrogens is 3. The van der Waals surface area contributed by atoms with Gasteiger partial charge in [-0.25, -0.2) is 4.98 Å². The summed E-state index contributed by atoms with van der Waals surface area (Å²) >= 11 is 6.00. The Morgan fingerprint density at radius 1 is 1.00 bits per heavy atom. The largest absolute Gasteiger partial charge is 0.369 e. The molecule has 7 heteroatoms. The predicted octanol–water partition coefficient (Wildman–Crippen LogP) is 3.76. The number of nitriles is 1. The Kier molecular flexibility index (Phi) is 4.07. The number of fused-ring (bicyclic) bond motifs is 1. The molecule has 0 fully saturated rings. The number of hydrogen-bond donors (Lipinski definition) is 2. The van der Waals surface area contributed by atoms with Gasteiger partial charge in [-0.05, 0) is 17.7 Å². The summed E-state index contributed by atoms with van der Waals surface area (Å²) in [4.78, 5) is 23.8. The minimum absolute atomic E-state index is 0.0363. The Labute approximate surface area is 158 Å². The van der Waals surface area contributed by atoms with Crippen LogP contribution in [-0.2, 0) is 0 Å². The molecule has 0 aliphatic carbocycles. The molecule has 0 amide bonds. The first-order chi connectivity index (χ1) is 13.1. The van der Waals surface area contributed by atoms with Crippen molar-refractivity contribution in [2.75, 3.05) is 5.73 Å². The molecule has 0 spiro atoms. The zero-order chi connectivity index (χ0) is 19.0. The van der Waals surface area contributed by atoms with Crippen LogP contribution in [0.15, 0.2) is 59.4 Å². The van der Waals surface area contributed by atoms with Gasteiger partial charge in [0.2, 0.25) is 5.95 Å². The number of nitrogens with two attached hydrogens (primary N) is 1. The lowest BCUT2D eigenvalue weighted by molar-refractivity contribution is 1.16. The fourth-order valence-corrected chi connectivity index (χ4v) is 3.13. The molecule has 0 aliphatic heterocycles. The first kappa shape index (κ1) is 16.8. The molecule has 0 aliphatic rings. The first-order valence-corrected chi connectivity index (χ1v) is 8.41. The van der Waals surface area contributed by atoms with Gasteiger partial charge in [0, 0.05) is 16.1 Å². The number of anilines is 1. The van der Waals surface area contributed by atoms with Crippen LogP contribution in [0.5, 0.6) is 0 Å². The average Bonchev–Trinajstić information content (AvgIpc) is 2.67. The lowest BCUT2D eigenvalue weighted by Gasteiger charge is -2.13. The molecule has 2 aromatic heterocycles. The summed E-state index contributed by atoms with van der Waals surface area (Å²) in [5.41, 5.74) is 8.01. The second kappa shape index (κ2) is 6.56. The van der Waals surface area contributed by atoms with Crippen molar-refractivity contribution in [1.82, 2.24) is 15.0 Å². The van der Waals surface area contributed by atoms with E-state index in [2.05, 4.69) is 21.0 Å². The summed E-state index contributed by atoms with van der Waals surface area (Å²) in [5, 5.41) is 10.7. The number of rotatable bonds is 2. The molecular formula is C20H12ClN5O. The van der Waals surface area contributed by atoms with Gasteiger partial charge in [-0.3, -0.25) is 9.78 Å². The van der Waals surface area contributed by atoms with Gasteiger partial charge in [-0.15, -0.1) is 0 Å². The first-order valence-electron chi connectivity index (χ1n) is 8.03. The lowest BCUT2D eigenvalue weighted by atomic mass is 9.94. The van der Waals surface area contributed by atoms with Gasteiger partial charge in [-0.1, -0.05) is 54.1 Å². The van der Waals surface area contributed by atoms with Gasteiger partial charge < -0.3 is 5.73 Å². The molecule has 0 radical (unpaired) electrons. The maximum absolute atomic E-state index is 12.6. The molecule has 0 unspecified atom stereocenters. The highest BCUT2D eigenvalue weighted by atomic mass is 35.5. The second-order valence-corrected chi connectivity index (χ2v) is 6.28. The van der Waals surface area contributed by atoms with E-state index in [0.717, 1.165) is 5.56 Å². The fourth-order valence-electron chi connectivity index (χ4n) is 3.01. The minimum Gasteiger partial charge on any atom is -0.369 e. The molecule has 4 rings (SSSR count). The van der Waals surface area contributed by atoms with Crippen molar-refractivity contribution < 1.29 is 0 Å². The van der Waals surface area contributed by atoms with Crippen molar-refractivity contribution in [3.63, 3.8) is 0 Å².